The summed E-state index contributed by atoms with van der Waals surface area (Å²) in [7, 11) is 1.77. The molecule has 16 heavy (non-hydrogen) atoms. The fourth-order valence-electron chi connectivity index (χ4n) is 1.15. The number of rotatable bonds is 5. The van der Waals surface area contributed by atoms with Crippen molar-refractivity contribution in [3.05, 3.63) is 29.0 Å². The standard InChI is InChI=1S/C11H15ClN2O2/c1-3-4-8-16-13-11(15)9-6-5-7-14(2)10(9)12/h5-7H,3-4,8H2,1-2H3/p+1. The van der Waals surface area contributed by atoms with Crippen molar-refractivity contribution in [2.24, 2.45) is 7.05 Å². The highest BCUT2D eigenvalue weighted by molar-refractivity contribution is 6.31. The van der Waals surface area contributed by atoms with Gasteiger partial charge >= 0.3 is 0 Å². The Labute approximate surface area is 100 Å². The molecule has 1 heterocycles. The largest absolute Gasteiger partial charge is 0.287 e. The highest BCUT2D eigenvalue weighted by Crippen LogP contribution is 2.09. The van der Waals surface area contributed by atoms with Crippen LogP contribution in [0.5, 0.6) is 0 Å². The Morgan fingerprint density at radius 1 is 1.62 bits per heavy atom. The molecule has 0 aliphatic rings. The molecule has 0 radical (unpaired) electrons. The van der Waals surface area contributed by atoms with Crippen molar-refractivity contribution in [3.8, 4) is 0 Å². The fraction of sp³-hybridized carbons (Fsp3) is 0.455. The molecule has 5 heteroatoms. The van der Waals surface area contributed by atoms with Gasteiger partial charge in [-0.05, 0) is 24.1 Å². The molecule has 0 fully saturated rings. The van der Waals surface area contributed by atoms with E-state index in [1.54, 1.807) is 29.9 Å². The van der Waals surface area contributed by atoms with E-state index in [2.05, 4.69) is 12.4 Å². The number of hydroxylamine groups is 1. The number of halogens is 1. The minimum atomic E-state index is -0.322. The zero-order chi connectivity index (χ0) is 12.0. The number of nitrogens with zero attached hydrogens (tertiary/aromatic N) is 1. The number of hydrogen-bond donors (Lipinski definition) is 1. The second kappa shape index (κ2) is 6.45. The van der Waals surface area contributed by atoms with Crippen LogP contribution in [0.1, 0.15) is 30.1 Å². The molecule has 1 N–H and O–H groups in total. The van der Waals surface area contributed by atoms with E-state index < -0.39 is 0 Å². The van der Waals surface area contributed by atoms with E-state index in [-0.39, 0.29) is 5.91 Å². The van der Waals surface area contributed by atoms with E-state index in [0.29, 0.717) is 17.3 Å². The summed E-state index contributed by atoms with van der Waals surface area (Å²) in [4.78, 5) is 16.7. The smallest absolute Gasteiger partial charge is 0.273 e. The first-order valence-corrected chi connectivity index (χ1v) is 5.61. The van der Waals surface area contributed by atoms with Crippen LogP contribution >= 0.6 is 11.6 Å². The topological polar surface area (TPSA) is 42.2 Å². The van der Waals surface area contributed by atoms with E-state index >= 15 is 0 Å². The number of unbranched alkanes of at least 4 members (excludes halogenated alkanes) is 1. The molecule has 0 aliphatic carbocycles. The van der Waals surface area contributed by atoms with Gasteiger partial charge in [-0.1, -0.05) is 13.3 Å². The minimum absolute atomic E-state index is 0.322. The van der Waals surface area contributed by atoms with Gasteiger partial charge in [-0.3, -0.25) is 9.63 Å². The average Bonchev–Trinajstić information content (AvgIpc) is 2.28. The van der Waals surface area contributed by atoms with Crippen molar-refractivity contribution in [2.75, 3.05) is 6.61 Å². The molecular weight excluding hydrogens is 228 g/mol. The number of pyridine rings is 1. The number of carbonyl (C=O) groups is 1. The maximum Gasteiger partial charge on any atom is 0.287 e. The summed E-state index contributed by atoms with van der Waals surface area (Å²) in [6.45, 7) is 2.57. The van der Waals surface area contributed by atoms with Gasteiger partial charge in [0.25, 0.3) is 11.1 Å². The molecule has 88 valence electrons. The van der Waals surface area contributed by atoms with Crippen LogP contribution in [0.15, 0.2) is 18.3 Å². The Hall–Kier alpha value is -1.13. The van der Waals surface area contributed by atoms with Gasteiger partial charge in [-0.25, -0.2) is 5.48 Å². The van der Waals surface area contributed by atoms with Crippen molar-refractivity contribution in [3.63, 3.8) is 0 Å². The minimum Gasteiger partial charge on any atom is -0.273 e. The Balaban J connectivity index is 2.56. The van der Waals surface area contributed by atoms with Crippen LogP contribution in [0.25, 0.3) is 0 Å². The molecule has 0 aliphatic heterocycles. The summed E-state index contributed by atoms with van der Waals surface area (Å²) in [5.41, 5.74) is 2.77. The number of carbonyl (C=O) groups excluding carboxylic acids is 1. The third-order valence-electron chi connectivity index (χ3n) is 2.11. The Kier molecular flexibility index (Phi) is 5.22. The SMILES string of the molecule is CCCCONC(=O)c1ccc[n+](C)c1Cl. The lowest BCUT2D eigenvalue weighted by molar-refractivity contribution is -0.669. The van der Waals surface area contributed by atoms with E-state index in [1.165, 1.54) is 0 Å². The second-order valence-corrected chi connectivity index (χ2v) is 3.81. The van der Waals surface area contributed by atoms with Gasteiger partial charge in [-0.15, -0.1) is 0 Å². The maximum absolute atomic E-state index is 11.6. The number of aromatic nitrogens is 1. The van der Waals surface area contributed by atoms with Crippen LogP contribution in [0.3, 0.4) is 0 Å². The van der Waals surface area contributed by atoms with Crippen LogP contribution in [-0.4, -0.2) is 12.5 Å². The molecule has 0 aromatic carbocycles. The van der Waals surface area contributed by atoms with Crippen LogP contribution < -0.4 is 10.0 Å². The van der Waals surface area contributed by atoms with Gasteiger partial charge in [0.1, 0.15) is 12.6 Å². The second-order valence-electron chi connectivity index (χ2n) is 3.46. The summed E-state index contributed by atoms with van der Waals surface area (Å²) in [5, 5.41) is 0.388. The monoisotopic (exact) mass is 243 g/mol. The predicted molar refractivity (Wildman–Crippen MR) is 61.0 cm³/mol. The normalized spacial score (nSPS) is 10.2. The third-order valence-corrected chi connectivity index (χ3v) is 2.58. The molecule has 1 rings (SSSR count). The zero-order valence-corrected chi connectivity index (χ0v) is 10.3. The number of hydrogen-bond acceptors (Lipinski definition) is 2. The molecule has 1 aromatic heterocycles. The first kappa shape index (κ1) is 12.9. The lowest BCUT2D eigenvalue weighted by Crippen LogP contribution is -2.33. The van der Waals surface area contributed by atoms with E-state index in [0.717, 1.165) is 12.8 Å². The summed E-state index contributed by atoms with van der Waals surface area (Å²) >= 11 is 5.97. The van der Waals surface area contributed by atoms with Crippen molar-refractivity contribution in [1.29, 1.82) is 0 Å². The molecular formula is C11H16ClN2O2+. The average molecular weight is 244 g/mol. The van der Waals surface area contributed by atoms with Gasteiger partial charge in [0, 0.05) is 6.07 Å². The zero-order valence-electron chi connectivity index (χ0n) is 9.50. The predicted octanol–water partition coefficient (Wildman–Crippen LogP) is 1.63. The highest BCUT2D eigenvalue weighted by atomic mass is 35.5. The van der Waals surface area contributed by atoms with Crippen molar-refractivity contribution in [2.45, 2.75) is 19.8 Å². The Morgan fingerprint density at radius 2 is 2.38 bits per heavy atom. The number of amides is 1. The van der Waals surface area contributed by atoms with Gasteiger partial charge in [0.05, 0.1) is 6.61 Å². The summed E-state index contributed by atoms with van der Waals surface area (Å²) in [5.74, 6) is -0.322. The lowest BCUT2D eigenvalue weighted by Gasteiger charge is -2.05. The van der Waals surface area contributed by atoms with Crippen LogP contribution in [0, 0.1) is 0 Å². The molecule has 0 spiro atoms. The quantitative estimate of drug-likeness (QED) is 0.370. The first-order chi connectivity index (χ1) is 7.66. The fourth-order valence-corrected chi connectivity index (χ4v) is 1.36. The lowest BCUT2D eigenvalue weighted by atomic mass is 10.3. The number of nitrogens with one attached hydrogen (secondary N) is 1. The van der Waals surface area contributed by atoms with E-state index in [4.69, 9.17) is 16.4 Å². The summed E-state index contributed by atoms with van der Waals surface area (Å²) < 4.78 is 1.67. The Bertz CT molecular complexity index is 369. The van der Waals surface area contributed by atoms with Crippen molar-refractivity contribution in [1.82, 2.24) is 5.48 Å². The summed E-state index contributed by atoms with van der Waals surface area (Å²) in [6, 6.07) is 3.41. The van der Waals surface area contributed by atoms with Crippen LogP contribution in [-0.2, 0) is 11.9 Å². The first-order valence-electron chi connectivity index (χ1n) is 5.23. The van der Waals surface area contributed by atoms with Gasteiger partial charge in [0.15, 0.2) is 6.20 Å². The highest BCUT2D eigenvalue weighted by Gasteiger charge is 2.17. The van der Waals surface area contributed by atoms with Gasteiger partial charge in [-0.2, -0.15) is 4.57 Å². The van der Waals surface area contributed by atoms with Crippen LogP contribution in [0.4, 0.5) is 0 Å². The maximum atomic E-state index is 11.6. The molecule has 0 bridgehead atoms. The van der Waals surface area contributed by atoms with Gasteiger partial charge in [0.2, 0.25) is 0 Å². The number of aryl methyl sites for hydroxylation is 1. The molecule has 0 saturated heterocycles. The van der Waals surface area contributed by atoms with Crippen molar-refractivity contribution < 1.29 is 14.2 Å². The van der Waals surface area contributed by atoms with E-state index in [1.807, 2.05) is 0 Å². The molecule has 0 atom stereocenters. The molecule has 1 aromatic rings. The third kappa shape index (κ3) is 3.47. The van der Waals surface area contributed by atoms with Crippen molar-refractivity contribution >= 4 is 17.5 Å². The molecule has 4 nitrogen and oxygen atoms in total. The summed E-state index contributed by atoms with van der Waals surface area (Å²) in [6.07, 6.45) is 3.71. The van der Waals surface area contributed by atoms with E-state index in [9.17, 15) is 4.79 Å². The van der Waals surface area contributed by atoms with Crippen LogP contribution in [0.2, 0.25) is 5.15 Å². The Morgan fingerprint density at radius 3 is 3.06 bits per heavy atom. The molecule has 0 saturated carbocycles. The van der Waals surface area contributed by atoms with Gasteiger partial charge < -0.3 is 0 Å². The molecule has 0 unspecified atom stereocenters. The molecule has 1 amide bonds.